The summed E-state index contributed by atoms with van der Waals surface area (Å²) in [6.45, 7) is 2.37. The number of nitrogens with one attached hydrogen (secondary N) is 2. The van der Waals surface area contributed by atoms with Crippen molar-refractivity contribution in [1.29, 1.82) is 0 Å². The van der Waals surface area contributed by atoms with E-state index in [2.05, 4.69) is 34.1 Å². The first kappa shape index (κ1) is 19.9. The Bertz CT molecular complexity index is 1140. The van der Waals surface area contributed by atoms with E-state index in [1.807, 2.05) is 42.5 Å². The van der Waals surface area contributed by atoms with Gasteiger partial charge in [-0.25, -0.2) is 8.42 Å². The molecule has 154 valence electrons. The fourth-order valence-electron chi connectivity index (χ4n) is 3.26. The first-order valence-corrected chi connectivity index (χ1v) is 11.2. The van der Waals surface area contributed by atoms with Gasteiger partial charge in [-0.3, -0.25) is 4.79 Å². The largest absolute Gasteiger partial charge is 0.379 e. The van der Waals surface area contributed by atoms with Crippen molar-refractivity contribution in [1.82, 2.24) is 4.90 Å². The predicted molar refractivity (Wildman–Crippen MR) is 119 cm³/mol. The molecule has 0 aliphatic carbocycles. The van der Waals surface area contributed by atoms with Crippen LogP contribution in [0.25, 0.3) is 0 Å². The maximum Gasteiger partial charge on any atom is 0.257 e. The van der Waals surface area contributed by atoms with Crippen LogP contribution in [-0.2, 0) is 14.8 Å². The van der Waals surface area contributed by atoms with Crippen molar-refractivity contribution >= 4 is 33.1 Å². The highest BCUT2D eigenvalue weighted by Crippen LogP contribution is 2.22. The van der Waals surface area contributed by atoms with Gasteiger partial charge in [-0.05, 0) is 48.9 Å². The highest BCUT2D eigenvalue weighted by atomic mass is 32.2. The number of benzene rings is 2. The Labute approximate surface area is 175 Å². The molecule has 0 unspecified atom stereocenters. The minimum atomic E-state index is -3.41. The van der Waals surface area contributed by atoms with Crippen LogP contribution in [0.1, 0.15) is 18.5 Å². The number of amides is 1. The van der Waals surface area contributed by atoms with Crippen LogP contribution in [0, 0.1) is 0 Å². The molecule has 4 rings (SSSR count). The average molecular weight is 423 g/mol. The predicted octanol–water partition coefficient (Wildman–Crippen LogP) is 3.30. The van der Waals surface area contributed by atoms with Crippen LogP contribution in [-0.4, -0.2) is 37.4 Å². The van der Waals surface area contributed by atoms with E-state index in [0.717, 1.165) is 5.69 Å². The fourth-order valence-corrected chi connectivity index (χ4v) is 4.23. The lowest BCUT2D eigenvalue weighted by Gasteiger charge is -2.26. The summed E-state index contributed by atoms with van der Waals surface area (Å²) in [5.41, 5.74) is 3.26. The Morgan fingerprint density at radius 2 is 1.73 bits per heavy atom. The van der Waals surface area contributed by atoms with E-state index in [1.54, 1.807) is 23.3 Å². The van der Waals surface area contributed by atoms with Gasteiger partial charge in [0.2, 0.25) is 0 Å². The number of amidine groups is 1. The van der Waals surface area contributed by atoms with Crippen molar-refractivity contribution in [2.24, 2.45) is 4.40 Å². The van der Waals surface area contributed by atoms with Gasteiger partial charge in [0.25, 0.3) is 15.9 Å². The molecule has 0 spiro atoms. The molecule has 0 radical (unpaired) electrons. The van der Waals surface area contributed by atoms with Gasteiger partial charge < -0.3 is 15.5 Å². The molecule has 1 amide bonds. The van der Waals surface area contributed by atoms with Gasteiger partial charge in [0.15, 0.2) is 0 Å². The number of carbonyl (C=O) groups excluding carboxylic acids is 1. The zero-order valence-corrected chi connectivity index (χ0v) is 17.3. The molecule has 0 saturated carbocycles. The molecule has 2 aliphatic heterocycles. The van der Waals surface area contributed by atoms with Gasteiger partial charge >= 0.3 is 0 Å². The second kappa shape index (κ2) is 8.16. The zero-order chi connectivity index (χ0) is 21.1. The molecule has 8 heteroatoms. The van der Waals surface area contributed by atoms with Crippen molar-refractivity contribution in [2.45, 2.75) is 13.0 Å². The maximum absolute atomic E-state index is 12.6. The minimum Gasteiger partial charge on any atom is -0.379 e. The minimum absolute atomic E-state index is 0.0639. The molecule has 0 bridgehead atoms. The van der Waals surface area contributed by atoms with Gasteiger partial charge in [0, 0.05) is 30.2 Å². The molecule has 1 atom stereocenters. The van der Waals surface area contributed by atoms with E-state index in [9.17, 15) is 13.2 Å². The van der Waals surface area contributed by atoms with Crippen molar-refractivity contribution in [3.05, 3.63) is 84.1 Å². The summed E-state index contributed by atoms with van der Waals surface area (Å²) < 4.78 is 26.9. The van der Waals surface area contributed by atoms with Crippen molar-refractivity contribution in [3.8, 4) is 0 Å². The van der Waals surface area contributed by atoms with Gasteiger partial charge in [0.1, 0.15) is 5.84 Å². The number of hydrogen-bond donors (Lipinski definition) is 2. The summed E-state index contributed by atoms with van der Waals surface area (Å²) in [4.78, 5) is 14.3. The highest BCUT2D eigenvalue weighted by Gasteiger charge is 2.25. The number of hydrogen-bond acceptors (Lipinski definition) is 5. The lowest BCUT2D eigenvalue weighted by molar-refractivity contribution is -0.112. The third-order valence-corrected chi connectivity index (χ3v) is 6.08. The summed E-state index contributed by atoms with van der Waals surface area (Å²) in [7, 11) is -3.41. The average Bonchev–Trinajstić information content (AvgIpc) is 2.74. The van der Waals surface area contributed by atoms with Crippen LogP contribution in [0.15, 0.2) is 82.9 Å². The fraction of sp³-hybridized carbons (Fsp3) is 0.182. The van der Waals surface area contributed by atoms with Crippen LogP contribution in [0.3, 0.4) is 0 Å². The van der Waals surface area contributed by atoms with Crippen molar-refractivity contribution in [3.63, 3.8) is 0 Å². The molecule has 2 aromatic rings. The summed E-state index contributed by atoms with van der Waals surface area (Å²) in [5.74, 6) is 0.00358. The molecule has 2 aromatic carbocycles. The molecule has 0 fully saturated rings. The summed E-state index contributed by atoms with van der Waals surface area (Å²) in [5, 5.41) is 6.30. The lowest BCUT2D eigenvalue weighted by atomic mass is 10.1. The zero-order valence-electron chi connectivity index (χ0n) is 16.4. The van der Waals surface area contributed by atoms with Gasteiger partial charge in [-0.1, -0.05) is 30.3 Å². The van der Waals surface area contributed by atoms with Crippen molar-refractivity contribution < 1.29 is 13.2 Å². The number of nitrogens with zero attached hydrogens (tertiary/aromatic N) is 2. The summed E-state index contributed by atoms with van der Waals surface area (Å²) in [6, 6.07) is 17.8. The molecule has 0 aromatic heterocycles. The van der Waals surface area contributed by atoms with Gasteiger partial charge in [0.05, 0.1) is 11.3 Å². The van der Waals surface area contributed by atoms with Crippen LogP contribution in [0.4, 0.5) is 11.4 Å². The van der Waals surface area contributed by atoms with E-state index in [-0.39, 0.29) is 24.2 Å². The normalized spacial score (nSPS) is 18.0. The maximum atomic E-state index is 12.6. The van der Waals surface area contributed by atoms with Crippen LogP contribution in [0.5, 0.6) is 0 Å². The van der Waals surface area contributed by atoms with Gasteiger partial charge in [-0.15, -0.1) is 4.40 Å². The van der Waals surface area contributed by atoms with Crippen LogP contribution >= 0.6 is 0 Å². The second-order valence-electron chi connectivity index (χ2n) is 7.15. The Hall–Kier alpha value is -3.39. The molecule has 2 N–H and O–H groups in total. The molecule has 0 saturated heterocycles. The molecular weight excluding hydrogens is 400 g/mol. The standard InChI is InChI=1S/C22H22N4O3S/c1-16(17-5-3-2-4-6-17)23-19-8-10-20(11-9-19)24-22(27)18-7-12-21-25-30(28,29)14-13-26(21)15-18/h2-12,15-16,23H,13-14H2,1H3,(H,24,27)/t16-/m1/s1. The monoisotopic (exact) mass is 422 g/mol. The second-order valence-corrected chi connectivity index (χ2v) is 8.91. The molecule has 2 aliphatic rings. The molecule has 30 heavy (non-hydrogen) atoms. The van der Waals surface area contributed by atoms with Crippen LogP contribution < -0.4 is 10.6 Å². The van der Waals surface area contributed by atoms with Gasteiger partial charge in [-0.2, -0.15) is 0 Å². The SMILES string of the molecule is C[C@@H](Nc1ccc(NC(=O)C2=CN3CCS(=O)(=O)N=C3C=C2)cc1)c1ccccc1. The number of carbonyl (C=O) groups is 1. The lowest BCUT2D eigenvalue weighted by Crippen LogP contribution is -2.37. The smallest absolute Gasteiger partial charge is 0.257 e. The van der Waals surface area contributed by atoms with E-state index < -0.39 is 10.0 Å². The Kier molecular flexibility index (Phi) is 5.41. The first-order valence-electron chi connectivity index (χ1n) is 9.62. The summed E-state index contributed by atoms with van der Waals surface area (Å²) >= 11 is 0. The topological polar surface area (TPSA) is 90.9 Å². The number of rotatable bonds is 5. The molecular formula is C22H22N4O3S. The number of anilines is 2. The van der Waals surface area contributed by atoms with E-state index in [1.165, 1.54) is 5.56 Å². The number of sulfonamides is 1. The Morgan fingerprint density at radius 3 is 2.47 bits per heavy atom. The highest BCUT2D eigenvalue weighted by molar-refractivity contribution is 7.90. The third kappa shape index (κ3) is 4.60. The Balaban J connectivity index is 1.39. The van der Waals surface area contributed by atoms with E-state index in [4.69, 9.17) is 0 Å². The first-order chi connectivity index (χ1) is 14.4. The molecule has 7 nitrogen and oxygen atoms in total. The van der Waals surface area contributed by atoms with Crippen LogP contribution in [0.2, 0.25) is 0 Å². The summed E-state index contributed by atoms with van der Waals surface area (Å²) in [6.07, 6.45) is 4.74. The molecule has 2 heterocycles. The number of fused-ring (bicyclic) bond motifs is 1. The van der Waals surface area contributed by atoms with E-state index in [0.29, 0.717) is 17.1 Å². The van der Waals surface area contributed by atoms with Crippen molar-refractivity contribution in [2.75, 3.05) is 22.9 Å². The third-order valence-electron chi connectivity index (χ3n) is 4.91. The van der Waals surface area contributed by atoms with E-state index >= 15 is 0 Å². The quantitative estimate of drug-likeness (QED) is 0.772. The Morgan fingerprint density at radius 1 is 1.03 bits per heavy atom.